The van der Waals surface area contributed by atoms with Crippen LogP contribution in [-0.4, -0.2) is 60.6 Å². The van der Waals surface area contributed by atoms with Gasteiger partial charge in [0.05, 0.1) is 10.6 Å². The molecule has 1 atom stereocenters. The van der Waals surface area contributed by atoms with E-state index in [4.69, 9.17) is 9.84 Å². The van der Waals surface area contributed by atoms with Crippen LogP contribution in [0.2, 0.25) is 0 Å². The highest BCUT2D eigenvalue weighted by Gasteiger charge is 2.26. The number of benzene rings is 1. The second kappa shape index (κ2) is 9.54. The molecule has 2 rings (SSSR count). The van der Waals surface area contributed by atoms with Crippen LogP contribution in [0.25, 0.3) is 10.8 Å². The summed E-state index contributed by atoms with van der Waals surface area (Å²) in [4.78, 5) is 18.3. The maximum absolute atomic E-state index is 13.1. The Morgan fingerprint density at radius 1 is 1.28 bits per heavy atom. The number of carbonyl (C=O) groups excluding carboxylic acids is 1. The van der Waals surface area contributed by atoms with Gasteiger partial charge in [0.15, 0.2) is 9.84 Å². The number of rotatable bonds is 8. The van der Waals surface area contributed by atoms with E-state index in [-0.39, 0.29) is 29.7 Å². The second-order valence-electron chi connectivity index (χ2n) is 8.24. The molecule has 0 aliphatic rings. The molecule has 0 aliphatic carbocycles. The fourth-order valence-electron chi connectivity index (χ4n) is 3.10. The Hall–Kier alpha value is -2.19. The molecule has 0 saturated heterocycles. The van der Waals surface area contributed by atoms with Crippen molar-refractivity contribution in [2.75, 3.05) is 25.4 Å². The van der Waals surface area contributed by atoms with Gasteiger partial charge in [0.2, 0.25) is 0 Å². The number of sulfone groups is 1. The van der Waals surface area contributed by atoms with Gasteiger partial charge < -0.3 is 14.7 Å². The molecule has 7 nitrogen and oxygen atoms in total. The molecule has 29 heavy (non-hydrogen) atoms. The number of carbonyl (C=O) groups is 1. The molecule has 0 saturated carbocycles. The summed E-state index contributed by atoms with van der Waals surface area (Å²) in [6.07, 6.45) is 3.10. The van der Waals surface area contributed by atoms with Crippen molar-refractivity contribution in [3.63, 3.8) is 0 Å². The van der Waals surface area contributed by atoms with Crippen molar-refractivity contribution >= 4 is 26.7 Å². The van der Waals surface area contributed by atoms with E-state index in [9.17, 15) is 13.2 Å². The Bertz CT molecular complexity index is 932. The van der Waals surface area contributed by atoms with Gasteiger partial charge in [-0.1, -0.05) is 19.1 Å². The maximum Gasteiger partial charge on any atom is 0.410 e. The Morgan fingerprint density at radius 3 is 2.66 bits per heavy atom. The SMILES string of the molecule is CC(CN(CCCO)C(=O)OC(C)(C)C)CS(=O)(=O)c1cccc2cnccc12. The summed E-state index contributed by atoms with van der Waals surface area (Å²) in [5.74, 6) is -0.421. The van der Waals surface area contributed by atoms with Gasteiger partial charge in [-0.15, -0.1) is 0 Å². The number of ether oxygens (including phenoxy) is 1. The minimum absolute atomic E-state index is 0.0595. The molecule has 8 heteroatoms. The molecule has 1 unspecified atom stereocenters. The average molecular weight is 423 g/mol. The molecule has 0 spiro atoms. The van der Waals surface area contributed by atoms with Crippen LogP contribution in [0.4, 0.5) is 4.79 Å². The van der Waals surface area contributed by atoms with Crippen LogP contribution in [-0.2, 0) is 14.6 Å². The molecule has 1 aromatic heterocycles. The Morgan fingerprint density at radius 2 is 2.00 bits per heavy atom. The van der Waals surface area contributed by atoms with Crippen LogP contribution in [0.5, 0.6) is 0 Å². The van der Waals surface area contributed by atoms with Crippen LogP contribution >= 0.6 is 0 Å². The van der Waals surface area contributed by atoms with E-state index < -0.39 is 21.5 Å². The fraction of sp³-hybridized carbons (Fsp3) is 0.524. The van der Waals surface area contributed by atoms with Crippen molar-refractivity contribution < 1.29 is 23.1 Å². The van der Waals surface area contributed by atoms with Crippen molar-refractivity contribution in [1.29, 1.82) is 0 Å². The second-order valence-corrected chi connectivity index (χ2v) is 10.2. The Kier molecular flexibility index (Phi) is 7.60. The molecule has 1 heterocycles. The predicted molar refractivity (Wildman–Crippen MR) is 112 cm³/mol. The lowest BCUT2D eigenvalue weighted by molar-refractivity contribution is 0.0219. The van der Waals surface area contributed by atoms with Crippen LogP contribution in [0.15, 0.2) is 41.6 Å². The van der Waals surface area contributed by atoms with Gasteiger partial charge in [0.1, 0.15) is 5.60 Å². The molecule has 1 N–H and O–H groups in total. The summed E-state index contributed by atoms with van der Waals surface area (Å²) in [7, 11) is -3.57. The topological polar surface area (TPSA) is 96.8 Å². The first kappa shape index (κ1) is 23.1. The van der Waals surface area contributed by atoms with Gasteiger partial charge in [0.25, 0.3) is 0 Å². The number of hydrogen-bond donors (Lipinski definition) is 1. The molecule has 0 radical (unpaired) electrons. The standard InChI is InChI=1S/C21H30N2O5S/c1-16(14-23(11-6-12-24)20(25)28-21(2,3)4)15-29(26,27)19-8-5-7-17-13-22-10-9-18(17)19/h5,7-10,13,16,24H,6,11-12,14-15H2,1-4H3. The smallest absolute Gasteiger partial charge is 0.410 e. The van der Waals surface area contributed by atoms with Crippen molar-refractivity contribution in [1.82, 2.24) is 9.88 Å². The molecule has 2 aromatic rings. The number of aromatic nitrogens is 1. The quantitative estimate of drug-likeness (QED) is 0.701. The highest BCUT2D eigenvalue weighted by Crippen LogP contribution is 2.24. The van der Waals surface area contributed by atoms with Crippen molar-refractivity contribution in [2.24, 2.45) is 5.92 Å². The highest BCUT2D eigenvalue weighted by atomic mass is 32.2. The van der Waals surface area contributed by atoms with Gasteiger partial charge in [-0.3, -0.25) is 4.98 Å². The fourth-order valence-corrected chi connectivity index (χ4v) is 4.94. The minimum Gasteiger partial charge on any atom is -0.444 e. The molecule has 160 valence electrons. The zero-order valence-electron chi connectivity index (χ0n) is 17.5. The number of pyridine rings is 1. The Balaban J connectivity index is 2.17. The number of amides is 1. The number of hydrogen-bond acceptors (Lipinski definition) is 6. The van der Waals surface area contributed by atoms with Gasteiger partial charge in [0, 0.05) is 42.9 Å². The summed E-state index contributed by atoms with van der Waals surface area (Å²) < 4.78 is 31.5. The molecular weight excluding hydrogens is 392 g/mol. The molecule has 1 aromatic carbocycles. The normalized spacial score (nSPS) is 13.3. The van der Waals surface area contributed by atoms with Gasteiger partial charge >= 0.3 is 6.09 Å². The summed E-state index contributed by atoms with van der Waals surface area (Å²) >= 11 is 0. The number of aliphatic hydroxyl groups excluding tert-OH is 1. The minimum atomic E-state index is -3.57. The van der Waals surface area contributed by atoms with E-state index in [0.717, 1.165) is 5.39 Å². The number of aliphatic hydroxyl groups is 1. The largest absolute Gasteiger partial charge is 0.444 e. The summed E-state index contributed by atoms with van der Waals surface area (Å²) in [5.41, 5.74) is -0.652. The third-order valence-electron chi connectivity index (χ3n) is 4.25. The maximum atomic E-state index is 13.1. The zero-order valence-corrected chi connectivity index (χ0v) is 18.3. The lowest BCUT2D eigenvalue weighted by Gasteiger charge is -2.29. The lowest BCUT2D eigenvalue weighted by Crippen LogP contribution is -2.41. The zero-order chi connectivity index (χ0) is 21.7. The van der Waals surface area contributed by atoms with E-state index in [0.29, 0.717) is 18.4 Å². The van der Waals surface area contributed by atoms with E-state index in [1.165, 1.54) is 4.90 Å². The van der Waals surface area contributed by atoms with Crippen molar-refractivity contribution in [3.8, 4) is 0 Å². The van der Waals surface area contributed by atoms with E-state index >= 15 is 0 Å². The lowest BCUT2D eigenvalue weighted by atomic mass is 10.2. The highest BCUT2D eigenvalue weighted by molar-refractivity contribution is 7.91. The van der Waals surface area contributed by atoms with Crippen LogP contribution in [0.1, 0.15) is 34.1 Å². The number of fused-ring (bicyclic) bond motifs is 1. The average Bonchev–Trinajstić information content (AvgIpc) is 2.62. The molecule has 0 bridgehead atoms. The van der Waals surface area contributed by atoms with Gasteiger partial charge in [-0.25, -0.2) is 13.2 Å². The van der Waals surface area contributed by atoms with Gasteiger partial charge in [-0.05, 0) is 45.2 Å². The van der Waals surface area contributed by atoms with E-state index in [2.05, 4.69) is 4.98 Å². The molecule has 1 amide bonds. The van der Waals surface area contributed by atoms with Crippen molar-refractivity contribution in [2.45, 2.75) is 44.6 Å². The van der Waals surface area contributed by atoms with Crippen LogP contribution in [0.3, 0.4) is 0 Å². The monoisotopic (exact) mass is 422 g/mol. The molecule has 0 aliphatic heterocycles. The first-order valence-electron chi connectivity index (χ1n) is 9.68. The summed E-state index contributed by atoms with van der Waals surface area (Å²) in [6, 6.07) is 6.82. The predicted octanol–water partition coefficient (Wildman–Crippen LogP) is 3.26. The van der Waals surface area contributed by atoms with Gasteiger partial charge in [-0.2, -0.15) is 0 Å². The van der Waals surface area contributed by atoms with E-state index in [1.807, 2.05) is 6.07 Å². The third-order valence-corrected chi connectivity index (χ3v) is 6.28. The van der Waals surface area contributed by atoms with E-state index in [1.54, 1.807) is 58.3 Å². The molecular formula is C21H30N2O5S. The summed E-state index contributed by atoms with van der Waals surface area (Å²) in [5, 5.41) is 10.5. The first-order valence-corrected chi connectivity index (χ1v) is 11.3. The van der Waals surface area contributed by atoms with Crippen LogP contribution in [0, 0.1) is 5.92 Å². The van der Waals surface area contributed by atoms with Crippen molar-refractivity contribution in [3.05, 3.63) is 36.7 Å². The van der Waals surface area contributed by atoms with Crippen LogP contribution < -0.4 is 0 Å². The summed E-state index contributed by atoms with van der Waals surface area (Å²) in [6.45, 7) is 7.59. The molecule has 0 fully saturated rings. The first-order chi connectivity index (χ1) is 13.5. The Labute approximate surface area is 172 Å². The number of nitrogens with zero attached hydrogens (tertiary/aromatic N) is 2. The third kappa shape index (κ3) is 6.68.